The molecule has 0 aliphatic heterocycles. The molecule has 3 aromatic heterocycles. The highest BCUT2D eigenvalue weighted by atomic mass is 15.3. The van der Waals surface area contributed by atoms with Gasteiger partial charge in [0, 0.05) is 11.6 Å². The van der Waals surface area contributed by atoms with E-state index in [1.54, 1.807) is 23.2 Å². The molecule has 0 unspecified atom stereocenters. The van der Waals surface area contributed by atoms with E-state index in [2.05, 4.69) is 20.1 Å². The van der Waals surface area contributed by atoms with E-state index >= 15 is 0 Å². The van der Waals surface area contributed by atoms with Crippen LogP contribution in [0, 0.1) is 0 Å². The zero-order valence-electron chi connectivity index (χ0n) is 6.62. The Bertz CT molecular complexity index is 571. The lowest BCUT2D eigenvalue weighted by Crippen LogP contribution is -1.91. The predicted octanol–water partition coefficient (Wildman–Crippen LogP) is 0.672. The van der Waals surface area contributed by atoms with Crippen LogP contribution in [0.3, 0.4) is 0 Å². The fraction of sp³-hybridized carbons (Fsp3) is 0. The van der Waals surface area contributed by atoms with Crippen molar-refractivity contribution >= 4 is 16.6 Å². The van der Waals surface area contributed by atoms with Crippen molar-refractivity contribution in [1.29, 1.82) is 0 Å². The van der Waals surface area contributed by atoms with Crippen molar-refractivity contribution < 1.29 is 0 Å². The molecular weight excluding hydrogens is 166 g/mol. The van der Waals surface area contributed by atoms with E-state index in [4.69, 9.17) is 0 Å². The minimum atomic E-state index is 0.812. The van der Waals surface area contributed by atoms with Crippen LogP contribution in [-0.2, 0) is 0 Å². The van der Waals surface area contributed by atoms with Crippen LogP contribution in [0.4, 0.5) is 0 Å². The van der Waals surface area contributed by atoms with Crippen molar-refractivity contribution in [2.45, 2.75) is 0 Å². The third-order valence-electron chi connectivity index (χ3n) is 1.92. The highest BCUT2D eigenvalue weighted by Gasteiger charge is 2.01. The number of aromatic nitrogens is 5. The summed E-state index contributed by atoms with van der Waals surface area (Å²) < 4.78 is 1.64. The molecule has 0 bridgehead atoms. The summed E-state index contributed by atoms with van der Waals surface area (Å²) in [5, 5.41) is 4.96. The van der Waals surface area contributed by atoms with Crippen LogP contribution in [-0.4, -0.2) is 24.6 Å². The molecule has 3 heterocycles. The predicted molar refractivity (Wildman–Crippen MR) is 46.1 cm³/mol. The van der Waals surface area contributed by atoms with Gasteiger partial charge in [-0.1, -0.05) is 0 Å². The van der Waals surface area contributed by atoms with Crippen LogP contribution in [0.5, 0.6) is 0 Å². The van der Waals surface area contributed by atoms with Gasteiger partial charge in [-0.05, 0) is 6.07 Å². The fourth-order valence-electron chi connectivity index (χ4n) is 1.32. The van der Waals surface area contributed by atoms with E-state index in [-0.39, 0.29) is 0 Å². The lowest BCUT2D eigenvalue weighted by molar-refractivity contribution is 0.933. The average molecular weight is 171 g/mol. The molecule has 5 heteroatoms. The van der Waals surface area contributed by atoms with Crippen LogP contribution < -0.4 is 0 Å². The summed E-state index contributed by atoms with van der Waals surface area (Å²) in [6.45, 7) is 0. The van der Waals surface area contributed by atoms with Crippen molar-refractivity contribution in [2.24, 2.45) is 0 Å². The Balaban J connectivity index is 2.65. The molecule has 0 aliphatic rings. The normalized spacial score (nSPS) is 11.1. The molecule has 0 fully saturated rings. The topological polar surface area (TPSA) is 56.0 Å². The van der Waals surface area contributed by atoms with Crippen molar-refractivity contribution in [3.05, 3.63) is 31.1 Å². The van der Waals surface area contributed by atoms with Gasteiger partial charge in [-0.15, -0.1) is 0 Å². The van der Waals surface area contributed by atoms with Gasteiger partial charge < -0.3 is 0 Å². The first-order valence-corrected chi connectivity index (χ1v) is 3.83. The summed E-state index contributed by atoms with van der Waals surface area (Å²) >= 11 is 0. The van der Waals surface area contributed by atoms with Crippen LogP contribution in [0.15, 0.2) is 31.1 Å². The minimum Gasteiger partial charge on any atom is -0.262 e. The van der Waals surface area contributed by atoms with E-state index in [0.29, 0.717) is 0 Å². The second-order valence-corrected chi connectivity index (χ2v) is 2.67. The van der Waals surface area contributed by atoms with Crippen molar-refractivity contribution in [3.63, 3.8) is 0 Å². The number of rotatable bonds is 0. The number of pyridine rings is 1. The van der Waals surface area contributed by atoms with Gasteiger partial charge in [0.25, 0.3) is 0 Å². The van der Waals surface area contributed by atoms with Crippen molar-refractivity contribution in [2.75, 3.05) is 0 Å². The number of nitrogens with zero attached hydrogens (tertiary/aromatic N) is 5. The van der Waals surface area contributed by atoms with Crippen LogP contribution in [0.1, 0.15) is 0 Å². The smallest absolute Gasteiger partial charge is 0.166 e. The van der Waals surface area contributed by atoms with E-state index in [1.807, 2.05) is 6.07 Å². The molecular formula is C8H5N5. The summed E-state index contributed by atoms with van der Waals surface area (Å²) in [5.74, 6) is 0. The van der Waals surface area contributed by atoms with Gasteiger partial charge in [0.2, 0.25) is 0 Å². The highest BCUT2D eigenvalue weighted by molar-refractivity contribution is 5.89. The molecule has 62 valence electrons. The Labute approximate surface area is 73.1 Å². The molecule has 3 rings (SSSR count). The van der Waals surface area contributed by atoms with Crippen molar-refractivity contribution in [1.82, 2.24) is 24.6 Å². The maximum atomic E-state index is 4.18. The van der Waals surface area contributed by atoms with E-state index in [0.717, 1.165) is 16.6 Å². The Kier molecular flexibility index (Phi) is 1.11. The maximum Gasteiger partial charge on any atom is 0.166 e. The maximum absolute atomic E-state index is 4.18. The fourth-order valence-corrected chi connectivity index (χ4v) is 1.32. The summed E-state index contributed by atoms with van der Waals surface area (Å²) in [5.41, 5.74) is 1.65. The van der Waals surface area contributed by atoms with Gasteiger partial charge >= 0.3 is 0 Å². The number of hydrogen-bond acceptors (Lipinski definition) is 4. The van der Waals surface area contributed by atoms with Gasteiger partial charge in [0.15, 0.2) is 5.65 Å². The second kappa shape index (κ2) is 2.22. The summed E-state index contributed by atoms with van der Waals surface area (Å²) in [6.07, 6.45) is 6.58. The number of fused-ring (bicyclic) bond motifs is 3. The van der Waals surface area contributed by atoms with Gasteiger partial charge in [-0.3, -0.25) is 4.98 Å². The second-order valence-electron chi connectivity index (χ2n) is 2.67. The lowest BCUT2D eigenvalue weighted by Gasteiger charge is -1.95. The molecule has 0 amide bonds. The molecule has 3 aromatic rings. The summed E-state index contributed by atoms with van der Waals surface area (Å²) in [6, 6.07) is 1.88. The number of hydrogen-bond donors (Lipinski definition) is 0. The molecule has 0 N–H and O–H groups in total. The van der Waals surface area contributed by atoms with Gasteiger partial charge in [0.05, 0.1) is 11.7 Å². The van der Waals surface area contributed by atoms with E-state index in [9.17, 15) is 0 Å². The van der Waals surface area contributed by atoms with Crippen LogP contribution in [0.2, 0.25) is 0 Å². The molecule has 0 aromatic carbocycles. The minimum absolute atomic E-state index is 0.812. The average Bonchev–Trinajstić information content (AvgIpc) is 2.65. The largest absolute Gasteiger partial charge is 0.262 e. The molecule has 5 nitrogen and oxygen atoms in total. The first-order chi connectivity index (χ1) is 6.45. The van der Waals surface area contributed by atoms with Crippen molar-refractivity contribution in [3.8, 4) is 0 Å². The SMILES string of the molecule is c1cc2c(cn1)ncn1ncnc21. The molecule has 0 saturated heterocycles. The standard InChI is InChI=1S/C8H5N5/c1-2-9-3-7-6(1)8-10-4-12-13(8)5-11-7/h1-5H. The Morgan fingerprint density at radius 2 is 2.23 bits per heavy atom. The molecule has 0 saturated carbocycles. The van der Waals surface area contributed by atoms with E-state index < -0.39 is 0 Å². The van der Waals surface area contributed by atoms with Crippen LogP contribution >= 0.6 is 0 Å². The van der Waals surface area contributed by atoms with Gasteiger partial charge in [0.1, 0.15) is 12.7 Å². The highest BCUT2D eigenvalue weighted by Crippen LogP contribution is 2.12. The Morgan fingerprint density at radius 1 is 1.23 bits per heavy atom. The third-order valence-corrected chi connectivity index (χ3v) is 1.92. The van der Waals surface area contributed by atoms with Gasteiger partial charge in [-0.2, -0.15) is 5.10 Å². The molecule has 13 heavy (non-hydrogen) atoms. The third kappa shape index (κ3) is 0.807. The lowest BCUT2D eigenvalue weighted by atomic mass is 10.3. The first kappa shape index (κ1) is 6.47. The Morgan fingerprint density at radius 3 is 3.23 bits per heavy atom. The summed E-state index contributed by atoms with van der Waals surface area (Å²) in [4.78, 5) is 12.3. The zero-order valence-corrected chi connectivity index (χ0v) is 6.62. The zero-order chi connectivity index (χ0) is 8.67. The Hall–Kier alpha value is -2.04. The van der Waals surface area contributed by atoms with Gasteiger partial charge in [-0.25, -0.2) is 14.5 Å². The molecule has 0 atom stereocenters. The first-order valence-electron chi connectivity index (χ1n) is 3.83. The molecule has 0 spiro atoms. The molecule has 0 radical (unpaired) electrons. The van der Waals surface area contributed by atoms with E-state index in [1.165, 1.54) is 6.33 Å². The summed E-state index contributed by atoms with van der Waals surface area (Å²) in [7, 11) is 0. The quantitative estimate of drug-likeness (QED) is 0.499. The van der Waals surface area contributed by atoms with Crippen LogP contribution in [0.25, 0.3) is 16.6 Å². The molecule has 0 aliphatic carbocycles. The monoisotopic (exact) mass is 171 g/mol.